The van der Waals surface area contributed by atoms with Crippen molar-refractivity contribution >= 4 is 34.2 Å². The van der Waals surface area contributed by atoms with Crippen molar-refractivity contribution in [1.82, 2.24) is 20.5 Å². The van der Waals surface area contributed by atoms with E-state index in [-0.39, 0.29) is 24.1 Å². The first-order valence-corrected chi connectivity index (χ1v) is 15.3. The lowest BCUT2D eigenvalue weighted by molar-refractivity contribution is -0.141. The van der Waals surface area contributed by atoms with E-state index in [1.165, 1.54) is 16.3 Å². The molecule has 0 saturated carbocycles. The number of hydrogen-bond acceptors (Lipinski definition) is 7. The Morgan fingerprint density at radius 2 is 1.80 bits per heavy atom. The number of anilines is 1. The van der Waals surface area contributed by atoms with Crippen LogP contribution in [-0.2, 0) is 16.1 Å². The third-order valence-electron chi connectivity index (χ3n) is 9.32. The summed E-state index contributed by atoms with van der Waals surface area (Å²) in [6.07, 6.45) is 5.47. The van der Waals surface area contributed by atoms with E-state index in [1.807, 2.05) is 12.4 Å². The molecule has 9 nitrogen and oxygen atoms in total. The molecule has 0 spiro atoms. The topological polar surface area (TPSA) is 115 Å². The van der Waals surface area contributed by atoms with Crippen LogP contribution in [0.3, 0.4) is 0 Å². The summed E-state index contributed by atoms with van der Waals surface area (Å²) in [6, 6.07) is 21.7. The number of nitrogens with one attached hydrogen (secondary N) is 2. The van der Waals surface area contributed by atoms with Gasteiger partial charge in [-0.3, -0.25) is 29.6 Å². The minimum absolute atomic E-state index is 0.142. The van der Waals surface area contributed by atoms with Crippen LogP contribution in [0.4, 0.5) is 5.69 Å². The Morgan fingerprint density at radius 3 is 2.64 bits per heavy atom. The number of fused-ring (bicyclic) bond motifs is 2. The van der Waals surface area contributed by atoms with Gasteiger partial charge >= 0.3 is 0 Å². The van der Waals surface area contributed by atoms with Gasteiger partial charge in [-0.1, -0.05) is 48.5 Å². The molecule has 0 radical (unpaired) electrons. The summed E-state index contributed by atoms with van der Waals surface area (Å²) in [5, 5.41) is 18.8. The Kier molecular flexibility index (Phi) is 7.57. The summed E-state index contributed by atoms with van der Waals surface area (Å²) in [5.74, 6) is -0.434. The maximum absolute atomic E-state index is 13.1. The van der Waals surface area contributed by atoms with Crippen LogP contribution in [0.15, 0.2) is 79.1 Å². The predicted octanol–water partition coefficient (Wildman–Crippen LogP) is 4.16. The van der Waals surface area contributed by atoms with Gasteiger partial charge in [0.05, 0.1) is 17.9 Å². The van der Waals surface area contributed by atoms with E-state index in [2.05, 4.69) is 69.0 Å². The summed E-state index contributed by atoms with van der Waals surface area (Å²) < 4.78 is 0. The van der Waals surface area contributed by atoms with Crippen LogP contribution in [0.2, 0.25) is 0 Å². The van der Waals surface area contributed by atoms with Crippen molar-refractivity contribution in [1.29, 1.82) is 0 Å². The molecule has 4 heterocycles. The molecule has 224 valence electrons. The van der Waals surface area contributed by atoms with Gasteiger partial charge in [-0.15, -0.1) is 0 Å². The van der Waals surface area contributed by atoms with Crippen molar-refractivity contribution < 1.29 is 19.5 Å². The first kappa shape index (κ1) is 28.2. The molecule has 0 bridgehead atoms. The third kappa shape index (κ3) is 5.44. The molecule has 2 unspecified atom stereocenters. The average molecular weight is 590 g/mol. The number of pyridine rings is 1. The monoisotopic (exact) mass is 589 g/mol. The number of rotatable bonds is 6. The second-order valence-electron chi connectivity index (χ2n) is 12.0. The molecule has 0 aliphatic carbocycles. The maximum Gasteiger partial charge on any atom is 0.251 e. The Morgan fingerprint density at radius 1 is 0.977 bits per heavy atom. The Labute approximate surface area is 255 Å². The molecular weight excluding hydrogens is 554 g/mol. The summed E-state index contributed by atoms with van der Waals surface area (Å²) in [7, 11) is 0. The minimum Gasteiger partial charge on any atom is -0.374 e. The summed E-state index contributed by atoms with van der Waals surface area (Å²) >= 11 is 0. The van der Waals surface area contributed by atoms with Crippen LogP contribution in [-0.4, -0.2) is 58.4 Å². The van der Waals surface area contributed by atoms with Crippen molar-refractivity contribution in [2.24, 2.45) is 5.92 Å². The van der Waals surface area contributed by atoms with E-state index >= 15 is 0 Å². The molecule has 2 fully saturated rings. The van der Waals surface area contributed by atoms with Crippen LogP contribution < -0.4 is 15.5 Å². The van der Waals surface area contributed by atoms with Crippen molar-refractivity contribution in [2.45, 2.75) is 44.5 Å². The molecule has 3 aliphatic heterocycles. The van der Waals surface area contributed by atoms with Crippen molar-refractivity contribution in [3.05, 3.63) is 95.8 Å². The van der Waals surface area contributed by atoms with Gasteiger partial charge in [-0.25, -0.2) is 0 Å². The number of piperidine rings is 2. The molecule has 3 N–H and O–H groups in total. The van der Waals surface area contributed by atoms with Crippen LogP contribution in [0.1, 0.15) is 53.4 Å². The molecule has 3 amide bonds. The van der Waals surface area contributed by atoms with Gasteiger partial charge in [0.15, 0.2) is 0 Å². The quantitative estimate of drug-likeness (QED) is 0.290. The van der Waals surface area contributed by atoms with Crippen LogP contribution in [0.25, 0.3) is 21.9 Å². The highest BCUT2D eigenvalue weighted by atomic mass is 16.3. The normalized spacial score (nSPS) is 20.9. The zero-order chi connectivity index (χ0) is 30.2. The average Bonchev–Trinajstić information content (AvgIpc) is 3.38. The summed E-state index contributed by atoms with van der Waals surface area (Å²) in [5.41, 5.74) is 5.45. The SMILES string of the molecule is O=C1CCC(N2Cc3cc(C(=O)NCC4CCN(c5cncc(-c6cccc7ccccc67)c5)CC4)ccc3C2O)C(=O)N1. The van der Waals surface area contributed by atoms with E-state index in [0.717, 1.165) is 42.7 Å². The molecule has 4 aromatic rings. The Balaban J connectivity index is 0.943. The number of hydrogen-bond donors (Lipinski definition) is 3. The zero-order valence-corrected chi connectivity index (χ0v) is 24.4. The first-order valence-electron chi connectivity index (χ1n) is 15.3. The van der Waals surface area contributed by atoms with Crippen LogP contribution in [0.5, 0.6) is 0 Å². The van der Waals surface area contributed by atoms with Crippen LogP contribution >= 0.6 is 0 Å². The van der Waals surface area contributed by atoms with E-state index in [1.54, 1.807) is 23.1 Å². The highest BCUT2D eigenvalue weighted by molar-refractivity contribution is 6.00. The lowest BCUT2D eigenvalue weighted by Gasteiger charge is -2.33. The number of amides is 3. The fourth-order valence-corrected chi connectivity index (χ4v) is 6.84. The predicted molar refractivity (Wildman–Crippen MR) is 168 cm³/mol. The molecule has 3 aromatic carbocycles. The van der Waals surface area contributed by atoms with E-state index in [4.69, 9.17) is 0 Å². The second-order valence-corrected chi connectivity index (χ2v) is 12.0. The molecule has 1 aromatic heterocycles. The van der Waals surface area contributed by atoms with Crippen LogP contribution in [0, 0.1) is 5.92 Å². The zero-order valence-electron chi connectivity index (χ0n) is 24.4. The first-order chi connectivity index (χ1) is 21.4. The maximum atomic E-state index is 13.1. The van der Waals surface area contributed by atoms with Crippen molar-refractivity contribution in [3.8, 4) is 11.1 Å². The molecule has 7 rings (SSSR count). The van der Waals surface area contributed by atoms with Gasteiger partial charge in [0.1, 0.15) is 6.23 Å². The van der Waals surface area contributed by atoms with Crippen molar-refractivity contribution in [3.63, 3.8) is 0 Å². The van der Waals surface area contributed by atoms with Gasteiger partial charge in [-0.05, 0) is 70.8 Å². The highest BCUT2D eigenvalue weighted by Crippen LogP contribution is 2.36. The summed E-state index contributed by atoms with van der Waals surface area (Å²) in [4.78, 5) is 45.6. The number of carbonyl (C=O) groups excluding carboxylic acids is 3. The lowest BCUT2D eigenvalue weighted by Crippen LogP contribution is -2.51. The number of aromatic nitrogens is 1. The number of aliphatic hydroxyl groups is 1. The van der Waals surface area contributed by atoms with E-state index < -0.39 is 12.3 Å². The van der Waals surface area contributed by atoms with Gasteiger partial charge in [0.25, 0.3) is 5.91 Å². The largest absolute Gasteiger partial charge is 0.374 e. The van der Waals surface area contributed by atoms with E-state index in [0.29, 0.717) is 36.6 Å². The molecular formula is C35H35N5O4. The molecule has 2 atom stereocenters. The molecule has 2 saturated heterocycles. The third-order valence-corrected chi connectivity index (χ3v) is 9.32. The Bertz CT molecular complexity index is 1740. The second kappa shape index (κ2) is 11.8. The minimum atomic E-state index is -0.945. The lowest BCUT2D eigenvalue weighted by atomic mass is 9.95. The number of benzene rings is 3. The van der Waals surface area contributed by atoms with Crippen molar-refractivity contribution in [2.75, 3.05) is 24.5 Å². The van der Waals surface area contributed by atoms with E-state index in [9.17, 15) is 19.5 Å². The van der Waals surface area contributed by atoms with Gasteiger partial charge in [0, 0.05) is 49.9 Å². The van der Waals surface area contributed by atoms with Gasteiger partial charge in [0.2, 0.25) is 11.8 Å². The number of aliphatic hydroxyl groups excluding tert-OH is 1. The number of imide groups is 1. The number of nitrogens with zero attached hydrogens (tertiary/aromatic N) is 3. The fourth-order valence-electron chi connectivity index (χ4n) is 6.84. The highest BCUT2D eigenvalue weighted by Gasteiger charge is 2.39. The summed E-state index contributed by atoms with van der Waals surface area (Å²) in [6.45, 7) is 2.74. The molecule has 3 aliphatic rings. The molecule has 9 heteroatoms. The number of carbonyl (C=O) groups is 3. The Hall–Kier alpha value is -4.60. The molecule has 44 heavy (non-hydrogen) atoms. The fraction of sp³-hybridized carbons (Fsp3) is 0.314. The standard InChI is InChI=1S/C35H35N5O4/c41-32-11-10-31(34(43)38-32)40-21-26-16-24(8-9-30(26)35(40)44)33(42)37-18-22-12-14-39(15-13-22)27-17-25(19-36-20-27)29-7-3-5-23-4-1-2-6-28(23)29/h1-9,16-17,19-20,22,31,35,44H,10-15,18,21H2,(H,37,42)(H,38,41,43). The van der Waals surface area contributed by atoms with Gasteiger partial charge < -0.3 is 15.3 Å². The van der Waals surface area contributed by atoms with Gasteiger partial charge in [-0.2, -0.15) is 0 Å². The smallest absolute Gasteiger partial charge is 0.251 e.